The molecular formula is C7H17NO4P+. The predicted molar refractivity (Wildman–Crippen MR) is 51.9 cm³/mol. The van der Waals surface area contributed by atoms with Crippen molar-refractivity contribution in [2.24, 2.45) is 11.7 Å². The lowest BCUT2D eigenvalue weighted by Gasteiger charge is -1.79. The molecule has 0 aromatic carbocycles. The van der Waals surface area contributed by atoms with Crippen molar-refractivity contribution in [2.75, 3.05) is 0 Å². The Morgan fingerprint density at radius 3 is 1.54 bits per heavy atom. The topological polar surface area (TPSA) is 101 Å². The van der Waals surface area contributed by atoms with Crippen molar-refractivity contribution in [3.63, 3.8) is 0 Å². The van der Waals surface area contributed by atoms with Crippen LogP contribution in [-0.4, -0.2) is 15.7 Å². The van der Waals surface area contributed by atoms with E-state index in [2.05, 4.69) is 33.1 Å². The predicted octanol–water partition coefficient (Wildman–Crippen LogP) is 0.948. The maximum absolute atomic E-state index is 9.47. The third-order valence-corrected chi connectivity index (χ3v) is 0.201. The second-order valence-electron chi connectivity index (χ2n) is 2.59. The molecule has 5 nitrogen and oxygen atoms in total. The molecule has 0 fully saturated rings. The largest absolute Gasteiger partial charge is 0.692 e. The lowest BCUT2D eigenvalue weighted by molar-refractivity contribution is -0.113. The zero-order valence-corrected chi connectivity index (χ0v) is 8.99. The van der Waals surface area contributed by atoms with Crippen molar-refractivity contribution >= 4 is 14.2 Å². The summed E-state index contributed by atoms with van der Waals surface area (Å²) in [5.74, 6) is 0.352. The number of amides is 1. The first kappa shape index (κ1) is 18.1. The second kappa shape index (κ2) is 13.8. The van der Waals surface area contributed by atoms with Crippen LogP contribution < -0.4 is 5.73 Å². The van der Waals surface area contributed by atoms with E-state index < -0.39 is 14.2 Å². The second-order valence-corrected chi connectivity index (χ2v) is 3.10. The molecule has 0 spiro atoms. The fourth-order valence-electron chi connectivity index (χ4n) is 0. The molecule has 0 aliphatic rings. The van der Waals surface area contributed by atoms with Crippen molar-refractivity contribution in [3.05, 3.63) is 12.7 Å². The van der Waals surface area contributed by atoms with E-state index in [4.69, 9.17) is 14.4 Å². The first-order chi connectivity index (χ1) is 5.73. The molecule has 6 heteroatoms. The highest BCUT2D eigenvalue weighted by Gasteiger charge is 1.93. The molecule has 0 saturated heterocycles. The molecule has 13 heavy (non-hydrogen) atoms. The molecule has 0 radical (unpaired) electrons. The van der Waals surface area contributed by atoms with Crippen LogP contribution in [0.15, 0.2) is 12.7 Å². The number of carbonyl (C=O) groups excluding carboxylic acids is 1. The number of hydrogen-bond acceptors (Lipinski definition) is 2. The molecule has 0 aliphatic heterocycles. The lowest BCUT2D eigenvalue weighted by Crippen LogP contribution is -2.04. The molecule has 1 amide bonds. The van der Waals surface area contributed by atoms with Gasteiger partial charge in [-0.25, -0.2) is 0 Å². The van der Waals surface area contributed by atoms with Gasteiger partial charge in [-0.1, -0.05) is 27.4 Å². The van der Waals surface area contributed by atoms with Gasteiger partial charge in [0.2, 0.25) is 5.91 Å². The van der Waals surface area contributed by atoms with Crippen LogP contribution >= 0.6 is 8.25 Å². The quantitative estimate of drug-likeness (QED) is 0.443. The van der Waals surface area contributed by atoms with Gasteiger partial charge >= 0.3 is 8.25 Å². The minimum atomic E-state index is -2.87. The van der Waals surface area contributed by atoms with Crippen molar-refractivity contribution < 1.29 is 19.1 Å². The van der Waals surface area contributed by atoms with Crippen LogP contribution in [0.3, 0.4) is 0 Å². The molecule has 78 valence electrons. The average Bonchev–Trinajstić information content (AvgIpc) is 1.84. The van der Waals surface area contributed by atoms with Crippen LogP contribution in [0.1, 0.15) is 20.8 Å². The third kappa shape index (κ3) is 632. The lowest BCUT2D eigenvalue weighted by atomic mass is 10.3. The van der Waals surface area contributed by atoms with Gasteiger partial charge in [-0.05, 0) is 12.0 Å². The molecular weight excluding hydrogens is 193 g/mol. The van der Waals surface area contributed by atoms with Gasteiger partial charge in [0.25, 0.3) is 0 Å². The van der Waals surface area contributed by atoms with E-state index in [1.807, 2.05) is 0 Å². The van der Waals surface area contributed by atoms with E-state index in [0.717, 1.165) is 12.0 Å². The molecule has 0 aromatic heterocycles. The number of primary amides is 1. The third-order valence-electron chi connectivity index (χ3n) is 0.201. The Labute approximate surface area is 79.2 Å². The average molecular weight is 210 g/mol. The summed E-state index contributed by atoms with van der Waals surface area (Å²) in [7, 11) is -2.87. The monoisotopic (exact) mass is 210 g/mol. The number of rotatable bonds is 1. The maximum Gasteiger partial charge on any atom is 0.692 e. The van der Waals surface area contributed by atoms with Crippen molar-refractivity contribution in [1.29, 1.82) is 0 Å². The summed E-state index contributed by atoms with van der Waals surface area (Å²) in [6, 6.07) is 0. The molecule has 0 bridgehead atoms. The minimum absolute atomic E-state index is 0.481. The van der Waals surface area contributed by atoms with E-state index in [1.165, 1.54) is 0 Å². The van der Waals surface area contributed by atoms with Crippen molar-refractivity contribution in [1.82, 2.24) is 0 Å². The van der Waals surface area contributed by atoms with Crippen LogP contribution in [0.5, 0.6) is 0 Å². The number of carbonyl (C=O) groups is 1. The Balaban J connectivity index is -0.000000117. The van der Waals surface area contributed by atoms with Crippen LogP contribution in [0.2, 0.25) is 0 Å². The van der Waals surface area contributed by atoms with Crippen LogP contribution in [0.4, 0.5) is 0 Å². The standard InChI is InChI=1S/C4H10.C3H5NO.HO3P/c1-4(2)3;1-2-3(4)5;1-4(2)3/h4H,1-3H3;2H,1H2,(H2,4,5);(H-,1,2,3)/p+1. The fraction of sp³-hybridized carbons (Fsp3) is 0.571. The van der Waals surface area contributed by atoms with Crippen LogP contribution in [0, 0.1) is 5.92 Å². The number of hydrogen-bond donors (Lipinski definition) is 3. The zero-order chi connectivity index (χ0) is 11.4. The van der Waals surface area contributed by atoms with Crippen molar-refractivity contribution in [3.8, 4) is 0 Å². The van der Waals surface area contributed by atoms with Gasteiger partial charge in [0.05, 0.1) is 0 Å². The summed E-state index contributed by atoms with van der Waals surface area (Å²) in [5, 5.41) is 0. The maximum atomic E-state index is 9.47. The molecule has 4 N–H and O–H groups in total. The normalized spacial score (nSPS) is 7.23. The van der Waals surface area contributed by atoms with Gasteiger partial charge in [0, 0.05) is 4.57 Å². The Kier molecular flexibility index (Phi) is 19.2. The molecule has 0 saturated carbocycles. The highest BCUT2D eigenvalue weighted by molar-refractivity contribution is 7.30. The van der Waals surface area contributed by atoms with E-state index >= 15 is 0 Å². The van der Waals surface area contributed by atoms with Gasteiger partial charge in [0.15, 0.2) is 0 Å². The SMILES string of the molecule is C=CC(N)=O.CC(C)C.O=[P+](O)O. The van der Waals surface area contributed by atoms with Crippen LogP contribution in [0.25, 0.3) is 0 Å². The van der Waals surface area contributed by atoms with E-state index in [1.54, 1.807) is 0 Å². The van der Waals surface area contributed by atoms with Crippen LogP contribution in [-0.2, 0) is 9.36 Å². The van der Waals surface area contributed by atoms with E-state index in [9.17, 15) is 4.79 Å². The van der Waals surface area contributed by atoms with Gasteiger partial charge in [-0.3, -0.25) is 4.79 Å². The summed E-state index contributed by atoms with van der Waals surface area (Å²) in [6.07, 6.45) is 1.06. The summed E-state index contributed by atoms with van der Waals surface area (Å²) in [4.78, 5) is 23.7. The first-order valence-electron chi connectivity index (χ1n) is 3.50. The zero-order valence-electron chi connectivity index (χ0n) is 8.10. The molecule has 0 aromatic rings. The van der Waals surface area contributed by atoms with Gasteiger partial charge < -0.3 is 5.73 Å². The fourth-order valence-corrected chi connectivity index (χ4v) is 0. The molecule has 0 heterocycles. The Hall–Kier alpha value is -0.770. The van der Waals surface area contributed by atoms with Gasteiger partial charge in [0.1, 0.15) is 0 Å². The molecule has 0 rings (SSSR count). The Bertz CT molecular complexity index is 152. The molecule has 0 atom stereocenters. The molecule has 0 aliphatic carbocycles. The highest BCUT2D eigenvalue weighted by atomic mass is 31.1. The first-order valence-corrected chi connectivity index (χ1v) is 4.67. The Morgan fingerprint density at radius 2 is 1.54 bits per heavy atom. The minimum Gasteiger partial charge on any atom is -0.366 e. The van der Waals surface area contributed by atoms with E-state index in [0.29, 0.717) is 0 Å². The highest BCUT2D eigenvalue weighted by Crippen LogP contribution is 1.98. The summed E-state index contributed by atoms with van der Waals surface area (Å²) in [5.41, 5.74) is 4.53. The Morgan fingerprint density at radius 1 is 1.46 bits per heavy atom. The van der Waals surface area contributed by atoms with E-state index in [-0.39, 0.29) is 0 Å². The number of nitrogens with two attached hydrogens (primary N) is 1. The molecule has 0 unspecified atom stereocenters. The summed E-state index contributed by atoms with van der Waals surface area (Å²) < 4.78 is 8.70. The van der Waals surface area contributed by atoms with Crippen molar-refractivity contribution in [2.45, 2.75) is 20.8 Å². The summed E-state index contributed by atoms with van der Waals surface area (Å²) >= 11 is 0. The van der Waals surface area contributed by atoms with Gasteiger partial charge in [-0.2, -0.15) is 0 Å². The smallest absolute Gasteiger partial charge is 0.366 e. The van der Waals surface area contributed by atoms with Gasteiger partial charge in [-0.15, -0.1) is 9.79 Å². The summed E-state index contributed by atoms with van der Waals surface area (Å²) in [6.45, 7) is 9.59.